The van der Waals surface area contributed by atoms with E-state index in [0.717, 1.165) is 0 Å². The average Bonchev–Trinajstić information content (AvgIpc) is 3.08. The van der Waals surface area contributed by atoms with Crippen molar-refractivity contribution in [1.82, 2.24) is 20.6 Å². The molecule has 8 nitrogen and oxygen atoms in total. The molecule has 2 atom stereocenters. The highest BCUT2D eigenvalue weighted by molar-refractivity contribution is 5.93. The Bertz CT molecular complexity index is 500. The number of carbonyl (C=O) groups excluding carboxylic acids is 3. The lowest BCUT2D eigenvalue weighted by Gasteiger charge is -2.18. The van der Waals surface area contributed by atoms with Gasteiger partial charge in [0.2, 0.25) is 11.8 Å². The lowest BCUT2D eigenvalue weighted by molar-refractivity contribution is -0.145. The van der Waals surface area contributed by atoms with Crippen LogP contribution in [0.25, 0.3) is 0 Å². The third-order valence-electron chi connectivity index (χ3n) is 3.07. The Kier molecular flexibility index (Phi) is 4.34. The van der Waals surface area contributed by atoms with Crippen molar-refractivity contribution in [3.8, 4) is 0 Å². The molecule has 2 unspecified atom stereocenters. The van der Waals surface area contributed by atoms with Crippen LogP contribution < -0.4 is 10.6 Å². The maximum absolute atomic E-state index is 12.0. The summed E-state index contributed by atoms with van der Waals surface area (Å²) in [5.41, 5.74) is 0. The van der Waals surface area contributed by atoms with Gasteiger partial charge in [-0.2, -0.15) is 0 Å². The van der Waals surface area contributed by atoms with Gasteiger partial charge in [-0.1, -0.05) is 0 Å². The van der Waals surface area contributed by atoms with Crippen molar-refractivity contribution in [3.63, 3.8) is 0 Å². The fourth-order valence-corrected chi connectivity index (χ4v) is 2.02. The van der Waals surface area contributed by atoms with E-state index in [9.17, 15) is 14.4 Å². The highest BCUT2D eigenvalue weighted by Gasteiger charge is 2.31. The van der Waals surface area contributed by atoms with Gasteiger partial charge in [0.15, 0.2) is 0 Å². The summed E-state index contributed by atoms with van der Waals surface area (Å²) in [5.74, 6) is -0.543. The molecule has 8 heteroatoms. The molecule has 1 aliphatic heterocycles. The van der Waals surface area contributed by atoms with Crippen LogP contribution in [0.15, 0.2) is 12.4 Å². The number of nitrogens with zero attached hydrogens (tertiary/aromatic N) is 1. The summed E-state index contributed by atoms with van der Waals surface area (Å²) in [7, 11) is 1.25. The Hall–Kier alpha value is -2.38. The van der Waals surface area contributed by atoms with Crippen molar-refractivity contribution in [3.05, 3.63) is 18.2 Å². The van der Waals surface area contributed by atoms with Gasteiger partial charge in [0, 0.05) is 25.2 Å². The van der Waals surface area contributed by atoms with Gasteiger partial charge in [0.25, 0.3) is 0 Å². The molecular weight excluding hydrogens is 264 g/mol. The topological polar surface area (TPSA) is 113 Å². The molecule has 1 aromatic heterocycles. The van der Waals surface area contributed by atoms with Crippen molar-refractivity contribution in [2.75, 3.05) is 7.11 Å². The molecule has 3 N–H and O–H groups in total. The van der Waals surface area contributed by atoms with Crippen molar-refractivity contribution in [2.45, 2.75) is 31.3 Å². The third kappa shape index (κ3) is 3.34. The number of carbonyl (C=O) groups is 3. The maximum atomic E-state index is 12.0. The van der Waals surface area contributed by atoms with Gasteiger partial charge < -0.3 is 20.4 Å². The van der Waals surface area contributed by atoms with Gasteiger partial charge in [-0.05, 0) is 6.42 Å². The summed E-state index contributed by atoms with van der Waals surface area (Å²) in [6, 6.07) is -1.43. The first-order valence-electron chi connectivity index (χ1n) is 6.26. The second-order valence-corrected chi connectivity index (χ2v) is 4.48. The molecule has 0 saturated carbocycles. The molecule has 0 spiro atoms. The molecule has 1 aromatic rings. The van der Waals surface area contributed by atoms with Gasteiger partial charge in [-0.15, -0.1) is 0 Å². The number of hydrogen-bond acceptors (Lipinski definition) is 5. The monoisotopic (exact) mass is 280 g/mol. The molecule has 0 radical (unpaired) electrons. The van der Waals surface area contributed by atoms with Gasteiger partial charge in [0.05, 0.1) is 7.11 Å². The van der Waals surface area contributed by atoms with Crippen LogP contribution in [0.1, 0.15) is 18.7 Å². The minimum atomic E-state index is -0.837. The van der Waals surface area contributed by atoms with Gasteiger partial charge in [0.1, 0.15) is 17.9 Å². The van der Waals surface area contributed by atoms with Gasteiger partial charge in [-0.25, -0.2) is 9.78 Å². The second kappa shape index (κ2) is 6.18. The molecule has 1 aliphatic rings. The number of nitrogens with one attached hydrogen (secondary N) is 3. The van der Waals surface area contributed by atoms with E-state index in [2.05, 4.69) is 25.3 Å². The van der Waals surface area contributed by atoms with Crippen molar-refractivity contribution in [1.29, 1.82) is 0 Å². The zero-order valence-corrected chi connectivity index (χ0v) is 11.0. The molecule has 0 aromatic carbocycles. The number of methoxy groups -OCH3 is 1. The number of aromatic amines is 1. The average molecular weight is 280 g/mol. The van der Waals surface area contributed by atoms with Gasteiger partial charge >= 0.3 is 5.97 Å². The normalized spacial score (nSPS) is 19.2. The Morgan fingerprint density at radius 2 is 2.40 bits per heavy atom. The molecule has 0 aliphatic carbocycles. The molecular formula is C12H16N4O4. The van der Waals surface area contributed by atoms with E-state index in [0.29, 0.717) is 18.7 Å². The van der Waals surface area contributed by atoms with E-state index in [-0.39, 0.29) is 12.3 Å². The van der Waals surface area contributed by atoms with Gasteiger partial charge in [-0.3, -0.25) is 9.59 Å². The number of imidazole rings is 1. The smallest absolute Gasteiger partial charge is 0.328 e. The summed E-state index contributed by atoms with van der Waals surface area (Å²) in [5, 5.41) is 5.13. The van der Waals surface area contributed by atoms with Crippen LogP contribution in [0.5, 0.6) is 0 Å². The predicted molar refractivity (Wildman–Crippen MR) is 67.4 cm³/mol. The summed E-state index contributed by atoms with van der Waals surface area (Å²) >= 11 is 0. The van der Waals surface area contributed by atoms with Crippen molar-refractivity contribution < 1.29 is 19.1 Å². The lowest BCUT2D eigenvalue weighted by Crippen LogP contribution is -2.50. The largest absolute Gasteiger partial charge is 0.467 e. The highest BCUT2D eigenvalue weighted by atomic mass is 16.5. The molecule has 20 heavy (non-hydrogen) atoms. The standard InChI is InChI=1S/C12H16N4O4/c1-20-12(19)8(6-9-13-4-5-14-9)16-11(18)7-2-3-10(17)15-7/h4-5,7-8H,2-3,6H2,1H3,(H,13,14)(H,15,17)(H,16,18). The van der Waals surface area contributed by atoms with Crippen LogP contribution in [-0.4, -0.2) is 46.9 Å². The van der Waals surface area contributed by atoms with E-state index in [1.54, 1.807) is 12.4 Å². The van der Waals surface area contributed by atoms with Crippen molar-refractivity contribution >= 4 is 17.8 Å². The number of amides is 2. The zero-order valence-electron chi connectivity index (χ0n) is 11.0. The quantitative estimate of drug-likeness (QED) is 0.592. The van der Waals surface area contributed by atoms with Crippen molar-refractivity contribution in [2.24, 2.45) is 0 Å². The SMILES string of the molecule is COC(=O)C(Cc1ncc[nH]1)NC(=O)C1CCC(=O)N1. The Balaban J connectivity index is 1.98. The van der Waals surface area contributed by atoms with E-state index < -0.39 is 24.0 Å². The van der Waals surface area contributed by atoms with E-state index in [1.165, 1.54) is 7.11 Å². The van der Waals surface area contributed by atoms with E-state index in [1.807, 2.05) is 0 Å². The molecule has 108 valence electrons. The predicted octanol–water partition coefficient (Wildman–Crippen LogP) is -1.11. The molecule has 2 heterocycles. The first-order valence-corrected chi connectivity index (χ1v) is 6.26. The van der Waals surface area contributed by atoms with E-state index >= 15 is 0 Å². The fourth-order valence-electron chi connectivity index (χ4n) is 2.02. The number of rotatable bonds is 5. The summed E-state index contributed by atoms with van der Waals surface area (Å²) in [4.78, 5) is 41.6. The molecule has 1 saturated heterocycles. The van der Waals surface area contributed by atoms with Crippen LogP contribution >= 0.6 is 0 Å². The highest BCUT2D eigenvalue weighted by Crippen LogP contribution is 2.07. The number of esters is 1. The minimum Gasteiger partial charge on any atom is -0.467 e. The minimum absolute atomic E-state index is 0.161. The summed E-state index contributed by atoms with van der Waals surface area (Å²) in [6.45, 7) is 0. The molecule has 1 fully saturated rings. The first-order chi connectivity index (χ1) is 9.60. The first kappa shape index (κ1) is 14.0. The molecule has 0 bridgehead atoms. The van der Waals surface area contributed by atoms with E-state index in [4.69, 9.17) is 0 Å². The number of aromatic nitrogens is 2. The zero-order chi connectivity index (χ0) is 14.5. The Labute approximate surface area is 115 Å². The van der Waals surface area contributed by atoms with Crippen LogP contribution in [0.3, 0.4) is 0 Å². The fraction of sp³-hybridized carbons (Fsp3) is 0.500. The number of ether oxygens (including phenoxy) is 1. The number of H-pyrrole nitrogens is 1. The lowest BCUT2D eigenvalue weighted by atomic mass is 10.1. The van der Waals surface area contributed by atoms with Crippen LogP contribution in [0, 0.1) is 0 Å². The molecule has 2 amide bonds. The van der Waals surface area contributed by atoms with Crippen LogP contribution in [0.4, 0.5) is 0 Å². The summed E-state index contributed by atoms with van der Waals surface area (Å²) < 4.78 is 4.66. The Morgan fingerprint density at radius 1 is 1.60 bits per heavy atom. The second-order valence-electron chi connectivity index (χ2n) is 4.48. The number of hydrogen-bond donors (Lipinski definition) is 3. The summed E-state index contributed by atoms with van der Waals surface area (Å²) in [6.07, 6.45) is 4.13. The Morgan fingerprint density at radius 3 is 2.95 bits per heavy atom. The van der Waals surface area contributed by atoms with Crippen LogP contribution in [-0.2, 0) is 25.5 Å². The third-order valence-corrected chi connectivity index (χ3v) is 3.07. The van der Waals surface area contributed by atoms with Crippen LogP contribution in [0.2, 0.25) is 0 Å². The molecule has 2 rings (SSSR count). The maximum Gasteiger partial charge on any atom is 0.328 e.